The molecule has 1 heterocycles. The molecule has 1 aromatic heterocycles. The summed E-state index contributed by atoms with van der Waals surface area (Å²) in [6, 6.07) is 0.894. The number of anilines is 1. The zero-order valence-electron chi connectivity index (χ0n) is 9.95. The Bertz CT molecular complexity index is 556. The van der Waals surface area contributed by atoms with Crippen molar-refractivity contribution in [3.05, 3.63) is 22.4 Å². The number of nitrogens with zero attached hydrogens (tertiary/aromatic N) is 2. The normalized spacial score (nSPS) is 11.7. The molecule has 3 N–H and O–H groups in total. The van der Waals surface area contributed by atoms with E-state index < -0.39 is 20.6 Å². The zero-order chi connectivity index (χ0) is 13.9. The van der Waals surface area contributed by atoms with Crippen LogP contribution in [-0.2, 0) is 10.0 Å². The van der Waals surface area contributed by atoms with Crippen LogP contribution < -0.4 is 10.5 Å². The Kier molecular flexibility index (Phi) is 4.19. The third-order valence-electron chi connectivity index (χ3n) is 2.06. The molecule has 0 aliphatic heterocycles. The summed E-state index contributed by atoms with van der Waals surface area (Å²) < 4.78 is 25.9. The molecule has 9 heteroatoms. The van der Waals surface area contributed by atoms with Gasteiger partial charge in [-0.1, -0.05) is 13.8 Å². The van der Waals surface area contributed by atoms with Crippen molar-refractivity contribution in [2.45, 2.75) is 18.7 Å². The molecule has 100 valence electrons. The highest BCUT2D eigenvalue weighted by atomic mass is 32.2. The number of rotatable bonds is 5. The van der Waals surface area contributed by atoms with Crippen molar-refractivity contribution in [3.63, 3.8) is 0 Å². The van der Waals surface area contributed by atoms with Gasteiger partial charge in [-0.3, -0.25) is 10.1 Å². The highest BCUT2D eigenvalue weighted by Crippen LogP contribution is 2.22. The number of hydrogen-bond acceptors (Lipinski definition) is 6. The third-order valence-corrected chi connectivity index (χ3v) is 3.45. The van der Waals surface area contributed by atoms with E-state index in [1.807, 2.05) is 13.8 Å². The van der Waals surface area contributed by atoms with Gasteiger partial charge in [-0.15, -0.1) is 0 Å². The van der Waals surface area contributed by atoms with E-state index in [4.69, 9.17) is 5.73 Å². The van der Waals surface area contributed by atoms with Gasteiger partial charge in [0.15, 0.2) is 0 Å². The molecule has 1 aromatic rings. The fraction of sp³-hybridized carbons (Fsp3) is 0.444. The van der Waals surface area contributed by atoms with Crippen LogP contribution in [0.25, 0.3) is 0 Å². The van der Waals surface area contributed by atoms with Crippen LogP contribution in [-0.4, -0.2) is 24.9 Å². The van der Waals surface area contributed by atoms with Gasteiger partial charge in [0.05, 0.1) is 4.92 Å². The fourth-order valence-electron chi connectivity index (χ4n) is 1.10. The van der Waals surface area contributed by atoms with Crippen LogP contribution in [0.5, 0.6) is 0 Å². The summed E-state index contributed by atoms with van der Waals surface area (Å²) in [5, 5.41) is 10.6. The maximum atomic E-state index is 11.8. The van der Waals surface area contributed by atoms with Gasteiger partial charge in [0, 0.05) is 18.8 Å². The molecule has 0 saturated carbocycles. The second-order valence-electron chi connectivity index (χ2n) is 4.08. The van der Waals surface area contributed by atoms with Crippen molar-refractivity contribution in [3.8, 4) is 0 Å². The van der Waals surface area contributed by atoms with Crippen molar-refractivity contribution < 1.29 is 13.3 Å². The van der Waals surface area contributed by atoms with Crippen LogP contribution in [0.15, 0.2) is 17.2 Å². The summed E-state index contributed by atoms with van der Waals surface area (Å²) in [5.74, 6) is -0.195. The molecule has 0 fully saturated rings. The SMILES string of the molecule is CC(C)CNS(=O)(=O)c1cnc(N)c([N+](=O)[O-])c1. The van der Waals surface area contributed by atoms with E-state index in [9.17, 15) is 18.5 Å². The van der Waals surface area contributed by atoms with Crippen molar-refractivity contribution in [1.82, 2.24) is 9.71 Å². The molecule has 0 saturated heterocycles. The van der Waals surface area contributed by atoms with Gasteiger partial charge in [0.1, 0.15) is 4.90 Å². The first-order valence-corrected chi connectivity index (χ1v) is 6.62. The first-order chi connectivity index (χ1) is 8.24. The molecule has 0 aromatic carbocycles. The minimum absolute atomic E-state index is 0.122. The first-order valence-electron chi connectivity index (χ1n) is 5.13. The smallest absolute Gasteiger partial charge is 0.312 e. The minimum Gasteiger partial charge on any atom is -0.378 e. The maximum absolute atomic E-state index is 11.8. The summed E-state index contributed by atoms with van der Waals surface area (Å²) in [7, 11) is -3.80. The highest BCUT2D eigenvalue weighted by molar-refractivity contribution is 7.89. The van der Waals surface area contributed by atoms with E-state index in [-0.39, 0.29) is 23.2 Å². The monoisotopic (exact) mass is 274 g/mol. The molecule has 8 nitrogen and oxygen atoms in total. The Morgan fingerprint density at radius 1 is 1.56 bits per heavy atom. The van der Waals surface area contributed by atoms with E-state index >= 15 is 0 Å². The molecular weight excluding hydrogens is 260 g/mol. The predicted octanol–water partition coefficient (Wildman–Crippen LogP) is 0.506. The number of nitrogen functional groups attached to an aromatic ring is 1. The van der Waals surface area contributed by atoms with Crippen LogP contribution in [0.4, 0.5) is 11.5 Å². The number of sulfonamides is 1. The maximum Gasteiger partial charge on any atom is 0.312 e. The molecule has 0 aliphatic rings. The molecule has 0 bridgehead atoms. The van der Waals surface area contributed by atoms with Crippen LogP contribution in [0, 0.1) is 16.0 Å². The molecule has 0 amide bonds. The third kappa shape index (κ3) is 3.37. The van der Waals surface area contributed by atoms with Gasteiger partial charge in [0.2, 0.25) is 15.8 Å². The van der Waals surface area contributed by atoms with Gasteiger partial charge in [0.25, 0.3) is 0 Å². The molecule has 1 rings (SSSR count). The van der Waals surface area contributed by atoms with E-state index in [2.05, 4.69) is 9.71 Å². The molecule has 0 aliphatic carbocycles. The summed E-state index contributed by atoms with van der Waals surface area (Å²) in [4.78, 5) is 13.1. The average Bonchev–Trinajstić information content (AvgIpc) is 2.26. The van der Waals surface area contributed by atoms with Gasteiger partial charge in [-0.2, -0.15) is 0 Å². The van der Waals surface area contributed by atoms with E-state index in [1.54, 1.807) is 0 Å². The lowest BCUT2D eigenvalue weighted by atomic mass is 10.2. The molecule has 0 unspecified atom stereocenters. The lowest BCUT2D eigenvalue weighted by molar-refractivity contribution is -0.384. The minimum atomic E-state index is -3.80. The Balaban J connectivity index is 3.10. The van der Waals surface area contributed by atoms with E-state index in [0.29, 0.717) is 0 Å². The number of nitro groups is 1. The quantitative estimate of drug-likeness (QED) is 0.594. The summed E-state index contributed by atoms with van der Waals surface area (Å²) in [6.45, 7) is 3.92. The lowest BCUT2D eigenvalue weighted by Gasteiger charge is -2.08. The van der Waals surface area contributed by atoms with Crippen molar-refractivity contribution >= 4 is 21.5 Å². The Morgan fingerprint density at radius 2 is 2.17 bits per heavy atom. The second-order valence-corrected chi connectivity index (χ2v) is 5.85. The number of aromatic nitrogens is 1. The van der Waals surface area contributed by atoms with Gasteiger partial charge in [-0.05, 0) is 5.92 Å². The van der Waals surface area contributed by atoms with Gasteiger partial charge < -0.3 is 5.73 Å². The van der Waals surface area contributed by atoms with E-state index in [0.717, 1.165) is 12.3 Å². The molecule has 0 atom stereocenters. The summed E-state index contributed by atoms with van der Waals surface area (Å²) >= 11 is 0. The summed E-state index contributed by atoms with van der Waals surface area (Å²) in [6.07, 6.45) is 0.991. The van der Waals surface area contributed by atoms with Crippen molar-refractivity contribution in [1.29, 1.82) is 0 Å². The number of pyridine rings is 1. The predicted molar refractivity (Wildman–Crippen MR) is 65.3 cm³/mol. The van der Waals surface area contributed by atoms with Crippen LogP contribution in [0.1, 0.15) is 13.8 Å². The fourth-order valence-corrected chi connectivity index (χ4v) is 2.28. The average molecular weight is 274 g/mol. The van der Waals surface area contributed by atoms with Crippen LogP contribution >= 0.6 is 0 Å². The molecule has 0 radical (unpaired) electrons. The number of nitrogens with two attached hydrogens (primary N) is 1. The molecule has 18 heavy (non-hydrogen) atoms. The number of hydrogen-bond donors (Lipinski definition) is 2. The highest BCUT2D eigenvalue weighted by Gasteiger charge is 2.21. The van der Waals surface area contributed by atoms with E-state index in [1.165, 1.54) is 0 Å². The zero-order valence-corrected chi connectivity index (χ0v) is 10.8. The standard InChI is InChI=1S/C9H14N4O4S/c1-6(2)4-12-18(16,17)7-3-8(13(14)15)9(10)11-5-7/h3,5-6,12H,4H2,1-2H3,(H2,10,11). The Morgan fingerprint density at radius 3 is 2.67 bits per heavy atom. The number of nitrogens with one attached hydrogen (secondary N) is 1. The van der Waals surface area contributed by atoms with Crippen LogP contribution in [0.2, 0.25) is 0 Å². The Hall–Kier alpha value is -1.74. The first kappa shape index (κ1) is 14.3. The second kappa shape index (κ2) is 5.27. The van der Waals surface area contributed by atoms with Crippen molar-refractivity contribution in [2.75, 3.05) is 12.3 Å². The van der Waals surface area contributed by atoms with Crippen molar-refractivity contribution in [2.24, 2.45) is 5.92 Å². The van der Waals surface area contributed by atoms with Gasteiger partial charge in [-0.25, -0.2) is 18.1 Å². The summed E-state index contributed by atoms with van der Waals surface area (Å²) in [5.41, 5.74) is 4.76. The Labute approximate surface area is 104 Å². The molecule has 0 spiro atoms. The lowest BCUT2D eigenvalue weighted by Crippen LogP contribution is -2.27. The molecular formula is C9H14N4O4S. The van der Waals surface area contributed by atoms with Gasteiger partial charge >= 0.3 is 5.69 Å². The largest absolute Gasteiger partial charge is 0.378 e. The van der Waals surface area contributed by atoms with Crippen LogP contribution in [0.3, 0.4) is 0 Å². The topological polar surface area (TPSA) is 128 Å².